The second-order valence-electron chi connectivity index (χ2n) is 8.19. The van der Waals surface area contributed by atoms with Gasteiger partial charge >= 0.3 is 5.97 Å². The van der Waals surface area contributed by atoms with Crippen LogP contribution in [0.2, 0.25) is 0 Å². The molecular weight excluding hydrogens is 468 g/mol. The molecule has 9 nitrogen and oxygen atoms in total. The number of esters is 1. The number of hydrogen-bond acceptors (Lipinski definition) is 9. The quantitative estimate of drug-likeness (QED) is 0.310. The molecule has 3 aromatic carbocycles. The van der Waals surface area contributed by atoms with Crippen LogP contribution in [0.5, 0.6) is 34.5 Å². The summed E-state index contributed by atoms with van der Waals surface area (Å²) in [6, 6.07) is 12.1. The van der Waals surface area contributed by atoms with Gasteiger partial charge in [0.25, 0.3) is 0 Å². The van der Waals surface area contributed by atoms with Crippen molar-refractivity contribution in [2.75, 3.05) is 21.3 Å². The summed E-state index contributed by atoms with van der Waals surface area (Å²) >= 11 is 0. The maximum atomic E-state index is 13.1. The summed E-state index contributed by atoms with van der Waals surface area (Å²) in [7, 11) is 4.45. The van der Waals surface area contributed by atoms with Crippen LogP contribution in [0.1, 0.15) is 23.5 Å². The van der Waals surface area contributed by atoms with Crippen molar-refractivity contribution in [3.8, 4) is 45.8 Å². The second kappa shape index (κ2) is 8.84. The van der Waals surface area contributed by atoms with E-state index < -0.39 is 17.3 Å². The van der Waals surface area contributed by atoms with Crippen LogP contribution in [0.3, 0.4) is 0 Å². The molecule has 1 unspecified atom stereocenters. The number of phenolic OH excluding ortho intramolecular Hbond substituents is 2. The average Bonchev–Trinajstić information content (AvgIpc) is 2.86. The molecule has 0 saturated carbocycles. The number of fused-ring (bicyclic) bond motifs is 3. The van der Waals surface area contributed by atoms with Crippen molar-refractivity contribution in [3.05, 3.63) is 69.9 Å². The molecule has 0 spiro atoms. The number of aromatic hydroxyl groups is 2. The van der Waals surface area contributed by atoms with Gasteiger partial charge in [-0.1, -0.05) is 6.07 Å². The highest BCUT2D eigenvalue weighted by molar-refractivity contribution is 5.93. The maximum Gasteiger partial charge on any atom is 0.312 e. The number of phenols is 2. The van der Waals surface area contributed by atoms with Gasteiger partial charge in [-0.2, -0.15) is 0 Å². The molecule has 5 rings (SSSR count). The monoisotopic (exact) mass is 490 g/mol. The van der Waals surface area contributed by atoms with E-state index >= 15 is 0 Å². The molecule has 2 N–H and O–H groups in total. The smallest absolute Gasteiger partial charge is 0.312 e. The molecule has 2 heterocycles. The molecule has 1 aliphatic heterocycles. The minimum Gasteiger partial charge on any atom is -0.508 e. The minimum atomic E-state index is -0.655. The predicted octanol–water partition coefficient (Wildman–Crippen LogP) is 4.34. The van der Waals surface area contributed by atoms with Crippen molar-refractivity contribution in [1.82, 2.24) is 0 Å². The van der Waals surface area contributed by atoms with E-state index in [2.05, 4.69) is 0 Å². The molecule has 1 atom stereocenters. The molecule has 1 aromatic heterocycles. The summed E-state index contributed by atoms with van der Waals surface area (Å²) < 4.78 is 28.2. The maximum absolute atomic E-state index is 13.1. The fraction of sp³-hybridized carbons (Fsp3) is 0.185. The van der Waals surface area contributed by atoms with Crippen molar-refractivity contribution in [1.29, 1.82) is 0 Å². The van der Waals surface area contributed by atoms with Crippen molar-refractivity contribution in [2.45, 2.75) is 12.3 Å². The highest BCUT2D eigenvalue weighted by atomic mass is 16.5. The van der Waals surface area contributed by atoms with E-state index in [1.807, 2.05) is 0 Å². The third kappa shape index (κ3) is 3.65. The van der Waals surface area contributed by atoms with Gasteiger partial charge in [-0.3, -0.25) is 9.59 Å². The van der Waals surface area contributed by atoms with Crippen LogP contribution < -0.4 is 24.4 Å². The largest absolute Gasteiger partial charge is 0.508 e. The fourth-order valence-corrected chi connectivity index (χ4v) is 4.59. The van der Waals surface area contributed by atoms with Gasteiger partial charge in [0.05, 0.1) is 27.8 Å². The molecular formula is C27H22O9. The first-order valence-electron chi connectivity index (χ1n) is 11.0. The third-order valence-corrected chi connectivity index (χ3v) is 6.19. The van der Waals surface area contributed by atoms with E-state index in [4.69, 9.17) is 23.4 Å². The van der Waals surface area contributed by atoms with E-state index in [0.717, 1.165) is 0 Å². The Morgan fingerprint density at radius 1 is 0.889 bits per heavy atom. The molecule has 4 aromatic rings. The highest BCUT2D eigenvalue weighted by Crippen LogP contribution is 2.51. The fourth-order valence-electron chi connectivity index (χ4n) is 4.59. The number of hydrogen-bond donors (Lipinski definition) is 2. The van der Waals surface area contributed by atoms with Crippen LogP contribution >= 0.6 is 0 Å². The Labute approximate surface area is 205 Å². The summed E-state index contributed by atoms with van der Waals surface area (Å²) in [5.74, 6) is -0.0785. The molecule has 9 heteroatoms. The number of methoxy groups -OCH3 is 3. The van der Waals surface area contributed by atoms with Gasteiger partial charge in [-0.25, -0.2) is 0 Å². The van der Waals surface area contributed by atoms with Crippen molar-refractivity contribution >= 4 is 16.9 Å². The van der Waals surface area contributed by atoms with Crippen LogP contribution in [-0.4, -0.2) is 37.5 Å². The molecule has 0 amide bonds. The lowest BCUT2D eigenvalue weighted by molar-refractivity contribution is -0.135. The van der Waals surface area contributed by atoms with E-state index in [1.165, 1.54) is 45.6 Å². The van der Waals surface area contributed by atoms with E-state index in [9.17, 15) is 19.8 Å². The Hall–Kier alpha value is -4.66. The normalized spacial score (nSPS) is 14.8. The molecule has 0 saturated heterocycles. The number of benzene rings is 3. The van der Waals surface area contributed by atoms with Gasteiger partial charge in [-0.05, 0) is 30.3 Å². The Bertz CT molecular complexity index is 1550. The minimum absolute atomic E-state index is 0.0429. The Kier molecular flexibility index (Phi) is 5.68. The van der Waals surface area contributed by atoms with Gasteiger partial charge < -0.3 is 33.6 Å². The molecule has 1 aliphatic rings. The summed E-state index contributed by atoms with van der Waals surface area (Å²) in [4.78, 5) is 25.7. The summed E-state index contributed by atoms with van der Waals surface area (Å²) in [5, 5.41) is 20.2. The van der Waals surface area contributed by atoms with E-state index in [-0.39, 0.29) is 40.4 Å². The molecule has 0 bridgehead atoms. The number of ether oxygens (including phenoxy) is 4. The highest BCUT2D eigenvalue weighted by Gasteiger charge is 2.36. The first-order valence-corrected chi connectivity index (χ1v) is 11.0. The first kappa shape index (κ1) is 23.1. The van der Waals surface area contributed by atoms with Gasteiger partial charge in [0.15, 0.2) is 16.9 Å². The molecule has 36 heavy (non-hydrogen) atoms. The van der Waals surface area contributed by atoms with Crippen LogP contribution in [0.4, 0.5) is 0 Å². The number of carbonyl (C=O) groups excluding carboxylic acids is 1. The van der Waals surface area contributed by atoms with Crippen LogP contribution in [0.25, 0.3) is 22.3 Å². The Morgan fingerprint density at radius 3 is 2.28 bits per heavy atom. The number of rotatable bonds is 5. The first-order chi connectivity index (χ1) is 17.4. The van der Waals surface area contributed by atoms with Crippen molar-refractivity contribution < 1.29 is 38.4 Å². The predicted molar refractivity (Wildman–Crippen MR) is 129 cm³/mol. The van der Waals surface area contributed by atoms with Gasteiger partial charge in [-0.15, -0.1) is 0 Å². The van der Waals surface area contributed by atoms with Gasteiger partial charge in [0, 0.05) is 34.7 Å². The van der Waals surface area contributed by atoms with Crippen LogP contribution in [0, 0.1) is 0 Å². The molecule has 0 radical (unpaired) electrons. The SMILES string of the molecule is COc1ccc(C2CC(=O)Oc3cc(O)c4c(=O)cc(-c5ccc(O)cc5)oc4c32)c(OC)c1OC. The van der Waals surface area contributed by atoms with Gasteiger partial charge in [0.1, 0.15) is 34.0 Å². The lowest BCUT2D eigenvalue weighted by atomic mass is 9.84. The Morgan fingerprint density at radius 2 is 1.61 bits per heavy atom. The summed E-state index contributed by atoms with van der Waals surface area (Å²) in [6.07, 6.45) is -0.0775. The van der Waals surface area contributed by atoms with Crippen molar-refractivity contribution in [2.24, 2.45) is 0 Å². The van der Waals surface area contributed by atoms with E-state index in [0.29, 0.717) is 33.9 Å². The molecule has 184 valence electrons. The standard InChI is InChI=1S/C27H22O9/c1-32-19-9-8-15(25(33-2)26(19)34-3)16-10-22(31)35-21-12-18(30)24-17(29)11-20(36-27(24)23(16)21)13-4-6-14(28)7-5-13/h4-9,11-12,16,28,30H,10H2,1-3H3. The molecule has 0 fully saturated rings. The average molecular weight is 490 g/mol. The Balaban J connectivity index is 1.83. The lowest BCUT2D eigenvalue weighted by Crippen LogP contribution is -2.22. The van der Waals surface area contributed by atoms with Crippen LogP contribution in [0.15, 0.2) is 57.7 Å². The lowest BCUT2D eigenvalue weighted by Gasteiger charge is -2.28. The summed E-state index contributed by atoms with van der Waals surface area (Å²) in [5.41, 5.74) is 1.13. The van der Waals surface area contributed by atoms with Crippen molar-refractivity contribution in [3.63, 3.8) is 0 Å². The molecule has 0 aliphatic carbocycles. The third-order valence-electron chi connectivity index (χ3n) is 6.19. The van der Waals surface area contributed by atoms with Gasteiger partial charge in [0.2, 0.25) is 5.75 Å². The topological polar surface area (TPSA) is 125 Å². The zero-order valence-corrected chi connectivity index (χ0v) is 19.7. The van der Waals surface area contributed by atoms with E-state index in [1.54, 1.807) is 24.3 Å². The number of carbonyl (C=O) groups is 1. The van der Waals surface area contributed by atoms with Crippen LogP contribution in [-0.2, 0) is 4.79 Å². The zero-order valence-electron chi connectivity index (χ0n) is 19.7. The zero-order chi connectivity index (χ0) is 25.6. The summed E-state index contributed by atoms with van der Waals surface area (Å²) in [6.45, 7) is 0. The second-order valence-corrected chi connectivity index (χ2v) is 8.19.